The molecule has 0 bridgehead atoms. The molecular weight excluding hydrogens is 581 g/mol. The lowest BCUT2D eigenvalue weighted by Gasteiger charge is -2.33. The van der Waals surface area contributed by atoms with Gasteiger partial charge in [-0.3, -0.25) is 0 Å². The highest BCUT2D eigenvalue weighted by Crippen LogP contribution is 2.39. The van der Waals surface area contributed by atoms with Crippen molar-refractivity contribution < 1.29 is 32.2 Å². The second kappa shape index (κ2) is 12.9. The van der Waals surface area contributed by atoms with E-state index in [1.54, 1.807) is 32.9 Å². The van der Waals surface area contributed by atoms with Crippen molar-refractivity contribution in [3.63, 3.8) is 0 Å². The molecule has 228 valence electrons. The zero-order valence-electron chi connectivity index (χ0n) is 24.3. The first kappa shape index (κ1) is 30.7. The molecule has 6 nitrogen and oxygen atoms in total. The average molecular weight is 615 g/mol. The van der Waals surface area contributed by atoms with Crippen LogP contribution in [-0.2, 0) is 9.53 Å². The van der Waals surface area contributed by atoms with Crippen LogP contribution in [0.4, 0.5) is 13.2 Å². The maximum atomic E-state index is 15.3. The molecule has 0 amide bonds. The zero-order valence-corrected chi connectivity index (χ0v) is 25.1. The van der Waals surface area contributed by atoms with Crippen LogP contribution in [0.1, 0.15) is 58.9 Å². The van der Waals surface area contributed by atoms with Crippen LogP contribution >= 0.6 is 11.6 Å². The molecule has 1 aliphatic carbocycles. The van der Waals surface area contributed by atoms with E-state index in [-0.39, 0.29) is 36.7 Å². The molecule has 1 heterocycles. The zero-order chi connectivity index (χ0) is 30.7. The SMILES string of the molecule is CCOC(=O)C(C)(C)Oc1ccc(OCC(C2CCCCC2)n2c(-c3ccc(Cl)cc3)nc3cc(F)c(F)cc32)c(F)c1. The van der Waals surface area contributed by atoms with Crippen molar-refractivity contribution in [2.75, 3.05) is 13.2 Å². The topological polar surface area (TPSA) is 62.6 Å². The van der Waals surface area contributed by atoms with E-state index >= 15 is 4.39 Å². The number of ether oxygens (including phenoxy) is 3. The van der Waals surface area contributed by atoms with Crippen LogP contribution in [0, 0.1) is 23.4 Å². The predicted molar refractivity (Wildman–Crippen MR) is 159 cm³/mol. The number of carbonyl (C=O) groups excluding carboxylic acids is 1. The number of hydrogen-bond donors (Lipinski definition) is 0. The van der Waals surface area contributed by atoms with Gasteiger partial charge in [-0.15, -0.1) is 0 Å². The third-order valence-corrected chi connectivity index (χ3v) is 8.06. The highest BCUT2D eigenvalue weighted by atomic mass is 35.5. The number of hydrogen-bond acceptors (Lipinski definition) is 5. The van der Waals surface area contributed by atoms with Gasteiger partial charge in [0.2, 0.25) is 0 Å². The Hall–Kier alpha value is -3.72. The fourth-order valence-electron chi connectivity index (χ4n) is 5.65. The van der Waals surface area contributed by atoms with Crippen molar-refractivity contribution in [3.05, 3.63) is 77.1 Å². The molecule has 1 aromatic heterocycles. The largest absolute Gasteiger partial charge is 0.488 e. The Labute approximate surface area is 253 Å². The van der Waals surface area contributed by atoms with Gasteiger partial charge < -0.3 is 18.8 Å². The fourth-order valence-corrected chi connectivity index (χ4v) is 5.77. The molecule has 4 aromatic rings. The number of esters is 1. The van der Waals surface area contributed by atoms with Crippen molar-refractivity contribution in [2.45, 2.75) is 64.5 Å². The molecule has 0 radical (unpaired) electrons. The van der Waals surface area contributed by atoms with Crippen molar-refractivity contribution in [2.24, 2.45) is 5.92 Å². The lowest BCUT2D eigenvalue weighted by molar-refractivity contribution is -0.158. The molecule has 1 saturated carbocycles. The van der Waals surface area contributed by atoms with Gasteiger partial charge in [-0.2, -0.15) is 0 Å². The molecule has 43 heavy (non-hydrogen) atoms. The summed E-state index contributed by atoms with van der Waals surface area (Å²) in [6.45, 7) is 5.04. The van der Waals surface area contributed by atoms with E-state index in [0.29, 0.717) is 21.9 Å². The summed E-state index contributed by atoms with van der Waals surface area (Å²) in [5.41, 5.74) is 0.140. The van der Waals surface area contributed by atoms with Crippen LogP contribution in [0.3, 0.4) is 0 Å². The fraction of sp³-hybridized carbons (Fsp3) is 0.394. The van der Waals surface area contributed by atoms with Gasteiger partial charge in [-0.25, -0.2) is 22.9 Å². The Kier molecular flexibility index (Phi) is 9.20. The van der Waals surface area contributed by atoms with Gasteiger partial charge in [-0.1, -0.05) is 30.9 Å². The van der Waals surface area contributed by atoms with Gasteiger partial charge in [-0.05, 0) is 75.9 Å². The third kappa shape index (κ3) is 6.77. The van der Waals surface area contributed by atoms with Crippen LogP contribution in [0.25, 0.3) is 22.4 Å². The molecule has 0 saturated heterocycles. The highest BCUT2D eigenvalue weighted by Gasteiger charge is 2.33. The summed E-state index contributed by atoms with van der Waals surface area (Å²) in [5.74, 6) is -2.41. The number of nitrogens with zero attached hydrogens (tertiary/aromatic N) is 2. The molecule has 5 rings (SSSR count). The van der Waals surface area contributed by atoms with Crippen LogP contribution in [-0.4, -0.2) is 34.3 Å². The molecular formula is C33H34ClF3N2O4. The minimum atomic E-state index is -1.31. The first-order valence-corrected chi connectivity index (χ1v) is 14.9. The molecule has 1 unspecified atom stereocenters. The summed E-state index contributed by atoms with van der Waals surface area (Å²) in [6.07, 6.45) is 4.94. The van der Waals surface area contributed by atoms with Crippen molar-refractivity contribution >= 4 is 28.6 Å². The molecule has 3 aromatic carbocycles. The Morgan fingerprint density at radius 2 is 1.70 bits per heavy atom. The Morgan fingerprint density at radius 1 is 1.00 bits per heavy atom. The maximum absolute atomic E-state index is 15.3. The maximum Gasteiger partial charge on any atom is 0.349 e. The standard InChI is InChI=1S/C33H34ClF3N2O4/c1-4-41-32(40)33(2,3)43-23-14-15-30(26(37)16-23)42-19-29(20-8-6-5-7-9-20)39-28-18-25(36)24(35)17-27(28)38-31(39)21-10-12-22(34)13-11-21/h10-18,20,29H,4-9,19H2,1-3H3. The molecule has 0 spiro atoms. The summed E-state index contributed by atoms with van der Waals surface area (Å²) in [7, 11) is 0. The first-order chi connectivity index (χ1) is 20.6. The smallest absolute Gasteiger partial charge is 0.349 e. The second-order valence-corrected chi connectivity index (χ2v) is 11.7. The summed E-state index contributed by atoms with van der Waals surface area (Å²) in [6, 6.07) is 13.1. The van der Waals surface area contributed by atoms with Crippen molar-refractivity contribution in [1.29, 1.82) is 0 Å². The van der Waals surface area contributed by atoms with E-state index in [0.717, 1.165) is 55.9 Å². The van der Waals surface area contributed by atoms with Crippen LogP contribution in [0.5, 0.6) is 11.5 Å². The lowest BCUT2D eigenvalue weighted by Crippen LogP contribution is -2.39. The van der Waals surface area contributed by atoms with E-state index in [2.05, 4.69) is 0 Å². The van der Waals surface area contributed by atoms with E-state index in [9.17, 15) is 13.6 Å². The van der Waals surface area contributed by atoms with Crippen molar-refractivity contribution in [1.82, 2.24) is 9.55 Å². The molecule has 1 aliphatic rings. The quantitative estimate of drug-likeness (QED) is 0.167. The summed E-state index contributed by atoms with van der Waals surface area (Å²) in [4.78, 5) is 16.9. The number of aromatic nitrogens is 2. The van der Waals surface area contributed by atoms with Gasteiger partial charge in [0.1, 0.15) is 18.2 Å². The second-order valence-electron chi connectivity index (χ2n) is 11.3. The minimum Gasteiger partial charge on any atom is -0.488 e. The minimum absolute atomic E-state index is 0.00297. The van der Waals surface area contributed by atoms with Crippen LogP contribution < -0.4 is 9.47 Å². The van der Waals surface area contributed by atoms with Crippen LogP contribution in [0.2, 0.25) is 5.02 Å². The van der Waals surface area contributed by atoms with E-state index in [1.165, 1.54) is 12.1 Å². The Morgan fingerprint density at radius 3 is 2.37 bits per heavy atom. The number of benzene rings is 3. The highest BCUT2D eigenvalue weighted by molar-refractivity contribution is 6.30. The number of imidazole rings is 1. The molecule has 0 aliphatic heterocycles. The summed E-state index contributed by atoms with van der Waals surface area (Å²) >= 11 is 6.14. The molecule has 1 atom stereocenters. The van der Waals surface area contributed by atoms with E-state index in [1.807, 2.05) is 16.7 Å². The van der Waals surface area contributed by atoms with Gasteiger partial charge in [0.05, 0.1) is 23.7 Å². The van der Waals surface area contributed by atoms with Gasteiger partial charge in [0, 0.05) is 28.8 Å². The number of halogens is 4. The van der Waals surface area contributed by atoms with E-state index in [4.69, 9.17) is 30.8 Å². The van der Waals surface area contributed by atoms with Crippen LogP contribution in [0.15, 0.2) is 54.6 Å². The number of fused-ring (bicyclic) bond motifs is 1. The van der Waals surface area contributed by atoms with E-state index < -0.39 is 29.0 Å². The summed E-state index contributed by atoms with van der Waals surface area (Å²) in [5, 5.41) is 0.546. The van der Waals surface area contributed by atoms with Gasteiger partial charge >= 0.3 is 5.97 Å². The van der Waals surface area contributed by atoms with Gasteiger partial charge in [0.15, 0.2) is 28.8 Å². The molecule has 1 fully saturated rings. The normalized spacial score (nSPS) is 15.0. The monoisotopic (exact) mass is 614 g/mol. The third-order valence-electron chi connectivity index (χ3n) is 7.81. The number of carbonyl (C=O) groups is 1. The average Bonchev–Trinajstić information content (AvgIpc) is 3.33. The summed E-state index contributed by atoms with van der Waals surface area (Å²) < 4.78 is 62.9. The first-order valence-electron chi connectivity index (χ1n) is 14.5. The predicted octanol–water partition coefficient (Wildman–Crippen LogP) is 8.69. The van der Waals surface area contributed by atoms with Gasteiger partial charge in [0.25, 0.3) is 0 Å². The Bertz CT molecular complexity index is 1600. The lowest BCUT2D eigenvalue weighted by atomic mass is 9.83. The molecule has 10 heteroatoms. The Balaban J connectivity index is 1.50. The number of rotatable bonds is 10. The molecule has 0 N–H and O–H groups in total. The van der Waals surface area contributed by atoms with Crippen molar-refractivity contribution in [3.8, 4) is 22.9 Å².